The van der Waals surface area contributed by atoms with Gasteiger partial charge in [0.05, 0.1) is 18.1 Å². The number of thiophene rings is 1. The number of hydrogen-bond donors (Lipinski definition) is 1. The van der Waals surface area contributed by atoms with Gasteiger partial charge in [-0.15, -0.1) is 11.3 Å². The molecule has 1 aromatic heterocycles. The van der Waals surface area contributed by atoms with Crippen molar-refractivity contribution in [3.8, 4) is 11.8 Å². The molecule has 21 heavy (non-hydrogen) atoms. The van der Waals surface area contributed by atoms with Crippen molar-refractivity contribution in [1.82, 2.24) is 4.31 Å². The van der Waals surface area contributed by atoms with Crippen molar-refractivity contribution in [2.75, 3.05) is 31.4 Å². The second-order valence-corrected chi connectivity index (χ2v) is 9.96. The van der Waals surface area contributed by atoms with Crippen molar-refractivity contribution in [3.05, 3.63) is 21.9 Å². The largest absolute Gasteiger partial charge is 0.320 e. The second-order valence-electron chi connectivity index (χ2n) is 4.51. The minimum absolute atomic E-state index is 0.196. The molecule has 1 aromatic rings. The Bertz CT molecular complexity index is 739. The highest BCUT2D eigenvalue weighted by molar-refractivity contribution is 7.93. The molecule has 0 saturated heterocycles. The van der Waals surface area contributed by atoms with E-state index in [0.717, 1.165) is 21.0 Å². The summed E-state index contributed by atoms with van der Waals surface area (Å²) >= 11 is 1.40. The third kappa shape index (κ3) is 6.58. The number of nitrogens with two attached hydrogens (primary N) is 1. The zero-order valence-electron chi connectivity index (χ0n) is 11.9. The lowest BCUT2D eigenvalue weighted by molar-refractivity contribution is 0.470. The summed E-state index contributed by atoms with van der Waals surface area (Å²) in [4.78, 5) is 0.835. The van der Waals surface area contributed by atoms with E-state index in [1.807, 2.05) is 5.38 Å². The Morgan fingerprint density at radius 3 is 2.52 bits per heavy atom. The first-order valence-corrected chi connectivity index (χ1v) is 10.6. The van der Waals surface area contributed by atoms with Crippen LogP contribution < -0.4 is 5.73 Å². The highest BCUT2D eigenvalue weighted by atomic mass is 32.2. The molecule has 0 spiro atoms. The van der Waals surface area contributed by atoms with Gasteiger partial charge in [-0.3, -0.25) is 0 Å². The average molecular weight is 350 g/mol. The predicted molar refractivity (Wildman–Crippen MR) is 85.2 cm³/mol. The van der Waals surface area contributed by atoms with Crippen LogP contribution in [0, 0.1) is 11.8 Å². The molecule has 0 unspecified atom stereocenters. The molecule has 6 nitrogen and oxygen atoms in total. The number of hydrogen-bond acceptors (Lipinski definition) is 6. The van der Waals surface area contributed by atoms with E-state index < -0.39 is 25.6 Å². The molecule has 0 aliphatic heterocycles. The van der Waals surface area contributed by atoms with Crippen molar-refractivity contribution in [3.63, 3.8) is 0 Å². The van der Waals surface area contributed by atoms with E-state index in [4.69, 9.17) is 5.73 Å². The van der Waals surface area contributed by atoms with Gasteiger partial charge >= 0.3 is 0 Å². The van der Waals surface area contributed by atoms with E-state index in [1.54, 1.807) is 6.07 Å². The summed E-state index contributed by atoms with van der Waals surface area (Å²) < 4.78 is 47.2. The van der Waals surface area contributed by atoms with Gasteiger partial charge in [0.15, 0.2) is 0 Å². The first-order valence-electron chi connectivity index (χ1n) is 6.02. The van der Waals surface area contributed by atoms with Crippen LogP contribution in [0.3, 0.4) is 0 Å². The minimum atomic E-state index is -3.59. The molecule has 0 atom stereocenters. The smallest absolute Gasteiger partial charge is 0.215 e. The van der Waals surface area contributed by atoms with Crippen LogP contribution in [0.4, 0.5) is 0 Å². The molecule has 0 amide bonds. The maximum Gasteiger partial charge on any atom is 0.215 e. The highest BCUT2D eigenvalue weighted by Gasteiger charge is 2.20. The van der Waals surface area contributed by atoms with E-state index in [2.05, 4.69) is 11.8 Å². The zero-order chi connectivity index (χ0) is 16.1. The SMILES string of the molecule is CN(Cc1cc(C#CCN)cs1)S(=O)(=O)CCS(C)(=O)=O. The maximum atomic E-state index is 12.0. The third-order valence-corrected chi connectivity index (χ3v) is 6.48. The minimum Gasteiger partial charge on any atom is -0.320 e. The van der Waals surface area contributed by atoms with Crippen LogP contribution in [-0.2, 0) is 26.4 Å². The van der Waals surface area contributed by atoms with Crippen molar-refractivity contribution < 1.29 is 16.8 Å². The van der Waals surface area contributed by atoms with Gasteiger partial charge in [0.2, 0.25) is 10.0 Å². The maximum absolute atomic E-state index is 12.0. The van der Waals surface area contributed by atoms with Crippen molar-refractivity contribution >= 4 is 31.2 Å². The molecule has 118 valence electrons. The molecule has 0 radical (unpaired) electrons. The summed E-state index contributed by atoms with van der Waals surface area (Å²) in [6, 6.07) is 1.80. The lowest BCUT2D eigenvalue weighted by Gasteiger charge is -2.15. The van der Waals surface area contributed by atoms with Gasteiger partial charge in [-0.2, -0.15) is 4.31 Å². The van der Waals surface area contributed by atoms with Crippen molar-refractivity contribution in [2.24, 2.45) is 5.73 Å². The molecule has 1 rings (SSSR count). The molecule has 0 fully saturated rings. The molecule has 0 aliphatic carbocycles. The molecular weight excluding hydrogens is 332 g/mol. The Labute approximate surface area is 129 Å². The number of nitrogens with zero attached hydrogens (tertiary/aromatic N) is 1. The third-order valence-electron chi connectivity index (χ3n) is 2.55. The number of sulfone groups is 1. The van der Waals surface area contributed by atoms with E-state index in [-0.39, 0.29) is 18.8 Å². The van der Waals surface area contributed by atoms with E-state index in [9.17, 15) is 16.8 Å². The fraction of sp³-hybridized carbons (Fsp3) is 0.500. The summed E-state index contributed by atoms with van der Waals surface area (Å²) in [5.74, 6) is 4.81. The van der Waals surface area contributed by atoms with Gasteiger partial charge in [0.1, 0.15) is 9.84 Å². The lowest BCUT2D eigenvalue weighted by atomic mass is 10.3. The van der Waals surface area contributed by atoms with E-state index >= 15 is 0 Å². The Morgan fingerprint density at radius 2 is 1.95 bits per heavy atom. The fourth-order valence-electron chi connectivity index (χ4n) is 1.41. The van der Waals surface area contributed by atoms with Crippen LogP contribution in [-0.4, -0.2) is 52.5 Å². The normalized spacial score (nSPS) is 12.2. The molecule has 9 heteroatoms. The van der Waals surface area contributed by atoms with Gasteiger partial charge in [-0.05, 0) is 6.07 Å². The van der Waals surface area contributed by atoms with Gasteiger partial charge < -0.3 is 5.73 Å². The number of rotatable bonds is 6. The van der Waals surface area contributed by atoms with Crippen LogP contribution in [0.25, 0.3) is 0 Å². The Kier molecular flexibility index (Phi) is 6.37. The van der Waals surface area contributed by atoms with Crippen molar-refractivity contribution in [2.45, 2.75) is 6.54 Å². The fourth-order valence-corrected chi connectivity index (χ4v) is 5.06. The monoisotopic (exact) mass is 350 g/mol. The first-order chi connectivity index (χ1) is 9.64. The average Bonchev–Trinajstić information content (AvgIpc) is 2.81. The van der Waals surface area contributed by atoms with Gasteiger partial charge in [-0.25, -0.2) is 16.8 Å². The van der Waals surface area contributed by atoms with Crippen LogP contribution in [0.1, 0.15) is 10.4 Å². The Morgan fingerprint density at radius 1 is 1.29 bits per heavy atom. The first kappa shape index (κ1) is 18.1. The molecule has 0 aliphatic rings. The van der Waals surface area contributed by atoms with Gasteiger partial charge in [0, 0.05) is 35.7 Å². The highest BCUT2D eigenvalue weighted by Crippen LogP contribution is 2.17. The van der Waals surface area contributed by atoms with Crippen LogP contribution in [0.2, 0.25) is 0 Å². The molecule has 0 aromatic carbocycles. The number of sulfonamides is 1. The van der Waals surface area contributed by atoms with E-state index in [0.29, 0.717) is 0 Å². The molecule has 2 N–H and O–H groups in total. The summed E-state index contributed by atoms with van der Waals surface area (Å²) in [5, 5.41) is 1.83. The van der Waals surface area contributed by atoms with Crippen LogP contribution >= 0.6 is 11.3 Å². The van der Waals surface area contributed by atoms with Gasteiger partial charge in [0.25, 0.3) is 0 Å². The lowest BCUT2D eigenvalue weighted by Crippen LogP contribution is -2.31. The summed E-state index contributed by atoms with van der Waals surface area (Å²) in [7, 11) is -5.46. The van der Waals surface area contributed by atoms with Crippen LogP contribution in [0.15, 0.2) is 11.4 Å². The second kappa shape index (κ2) is 7.38. The van der Waals surface area contributed by atoms with E-state index in [1.165, 1.54) is 18.4 Å². The standard InChI is InChI=1S/C12H18N2O4S3/c1-14(21(17,18)7-6-20(2,15)16)9-12-8-11(10-19-12)4-3-5-13/h8,10H,5-7,9,13H2,1-2H3. The molecular formula is C12H18N2O4S3. The molecule has 0 saturated carbocycles. The predicted octanol–water partition coefficient (Wildman–Crippen LogP) is -0.135. The Balaban J connectivity index is 2.71. The Hall–Kier alpha value is -0.920. The van der Waals surface area contributed by atoms with Crippen LogP contribution in [0.5, 0.6) is 0 Å². The quantitative estimate of drug-likeness (QED) is 0.721. The summed E-state index contributed by atoms with van der Waals surface area (Å²) in [5.41, 5.74) is 6.08. The van der Waals surface area contributed by atoms with Crippen molar-refractivity contribution in [1.29, 1.82) is 0 Å². The topological polar surface area (TPSA) is 97.5 Å². The van der Waals surface area contributed by atoms with Gasteiger partial charge in [-0.1, -0.05) is 11.8 Å². The summed E-state index contributed by atoms with van der Waals surface area (Å²) in [6.07, 6.45) is 1.02. The molecule has 0 bridgehead atoms. The summed E-state index contributed by atoms with van der Waals surface area (Å²) in [6.45, 7) is 0.464. The zero-order valence-corrected chi connectivity index (χ0v) is 14.3. The molecule has 1 heterocycles.